The summed E-state index contributed by atoms with van der Waals surface area (Å²) in [5.41, 5.74) is -0.224. The minimum atomic E-state index is -4.75. The molecule has 2 spiro atoms. The largest absolute Gasteiger partial charge is 0.404 e. The predicted molar refractivity (Wildman–Crippen MR) is 105 cm³/mol. The number of alkyl halides is 3. The van der Waals surface area contributed by atoms with Gasteiger partial charge < -0.3 is 9.80 Å². The maximum absolute atomic E-state index is 12.7. The number of nitrogens with zero attached hydrogens (tertiary/aromatic N) is 6. The average molecular weight is 475 g/mol. The van der Waals surface area contributed by atoms with Crippen molar-refractivity contribution in [2.24, 2.45) is 10.8 Å². The molecule has 0 aromatic carbocycles. The minimum absolute atomic E-state index is 0.0571. The van der Waals surface area contributed by atoms with Gasteiger partial charge >= 0.3 is 12.2 Å². The van der Waals surface area contributed by atoms with Gasteiger partial charge in [-0.1, -0.05) is 0 Å². The fraction of sp³-hybridized carbons (Fsp3) is 0.842. The van der Waals surface area contributed by atoms with E-state index in [9.17, 15) is 26.4 Å². The number of urea groups is 1. The Hall–Kier alpha value is -1.89. The number of hydrogen-bond acceptors (Lipinski definition) is 5. The van der Waals surface area contributed by atoms with Crippen LogP contribution in [0.15, 0.2) is 6.33 Å². The van der Waals surface area contributed by atoms with Crippen molar-refractivity contribution in [2.75, 3.05) is 45.0 Å². The molecule has 176 valence electrons. The van der Waals surface area contributed by atoms with Crippen molar-refractivity contribution in [3.05, 3.63) is 12.2 Å². The van der Waals surface area contributed by atoms with Crippen LogP contribution in [0.1, 0.15) is 43.5 Å². The summed E-state index contributed by atoms with van der Waals surface area (Å²) in [5.74, 6) is -0.343. The molecule has 0 N–H and O–H groups in total. The first-order valence-corrected chi connectivity index (χ1v) is 12.6. The van der Waals surface area contributed by atoms with Crippen LogP contribution < -0.4 is 0 Å². The maximum atomic E-state index is 12.7. The molecule has 6 rings (SSSR count). The number of rotatable bonds is 4. The molecule has 1 aromatic heterocycles. The second kappa shape index (κ2) is 6.37. The Labute approximate surface area is 183 Å². The number of amides is 2. The highest BCUT2D eigenvalue weighted by Gasteiger charge is 2.60. The Bertz CT molecular complexity index is 1040. The Morgan fingerprint density at radius 1 is 1.03 bits per heavy atom. The lowest BCUT2D eigenvalue weighted by Gasteiger charge is -2.63. The molecule has 0 radical (unpaired) electrons. The Balaban J connectivity index is 0.947. The molecule has 2 saturated carbocycles. The van der Waals surface area contributed by atoms with E-state index in [2.05, 4.69) is 10.1 Å². The van der Waals surface area contributed by atoms with Crippen molar-refractivity contribution in [3.63, 3.8) is 0 Å². The SMILES string of the molecule is O=C(N1CC2(CC(n3cnc(C4CC4)n3)C2)C1)N1CC2(C1)CN(S(=O)(=O)CC(F)(F)F)C2. The van der Waals surface area contributed by atoms with Crippen molar-refractivity contribution in [1.82, 2.24) is 28.9 Å². The quantitative estimate of drug-likeness (QED) is 0.658. The lowest BCUT2D eigenvalue weighted by Crippen LogP contribution is -2.76. The third-order valence-electron chi connectivity index (χ3n) is 7.59. The van der Waals surface area contributed by atoms with Crippen molar-refractivity contribution in [2.45, 2.75) is 43.8 Å². The highest BCUT2D eigenvalue weighted by atomic mass is 32.2. The number of aromatic nitrogens is 3. The lowest BCUT2D eigenvalue weighted by molar-refractivity contribution is -0.111. The second-order valence-electron chi connectivity index (χ2n) is 10.6. The first-order valence-electron chi connectivity index (χ1n) is 10.9. The van der Waals surface area contributed by atoms with E-state index in [1.807, 2.05) is 15.9 Å². The molecule has 0 unspecified atom stereocenters. The van der Waals surface area contributed by atoms with Gasteiger partial charge in [0.2, 0.25) is 10.0 Å². The third-order valence-corrected chi connectivity index (χ3v) is 9.33. The van der Waals surface area contributed by atoms with Crippen molar-refractivity contribution < 1.29 is 26.4 Å². The van der Waals surface area contributed by atoms with Crippen molar-refractivity contribution in [3.8, 4) is 0 Å². The molecule has 0 bridgehead atoms. The van der Waals surface area contributed by atoms with Gasteiger partial charge in [-0.2, -0.15) is 18.3 Å². The van der Waals surface area contributed by atoms with Gasteiger partial charge in [-0.25, -0.2) is 27.2 Å². The minimum Gasteiger partial charge on any atom is -0.323 e. The van der Waals surface area contributed by atoms with Gasteiger partial charge in [-0.15, -0.1) is 0 Å². The van der Waals surface area contributed by atoms with Crippen LogP contribution in [-0.4, -0.2) is 94.5 Å². The summed E-state index contributed by atoms with van der Waals surface area (Å²) in [6.45, 7) is 2.34. The molecule has 32 heavy (non-hydrogen) atoms. The number of likely N-dealkylation sites (tertiary alicyclic amines) is 2. The Morgan fingerprint density at radius 2 is 1.62 bits per heavy atom. The van der Waals surface area contributed by atoms with Crippen LogP contribution in [0.4, 0.5) is 18.0 Å². The number of hydrogen-bond donors (Lipinski definition) is 0. The predicted octanol–water partition coefficient (Wildman–Crippen LogP) is 1.42. The smallest absolute Gasteiger partial charge is 0.323 e. The molecule has 2 amide bonds. The van der Waals surface area contributed by atoms with Crippen LogP contribution in [0.2, 0.25) is 0 Å². The Kier molecular flexibility index (Phi) is 4.12. The molecule has 9 nitrogen and oxygen atoms in total. The molecular weight excluding hydrogens is 449 g/mol. The summed E-state index contributed by atoms with van der Waals surface area (Å²) in [7, 11) is -4.33. The summed E-state index contributed by atoms with van der Waals surface area (Å²) in [5, 5.41) is 4.61. The van der Waals surface area contributed by atoms with Crippen LogP contribution in [0.5, 0.6) is 0 Å². The van der Waals surface area contributed by atoms with E-state index in [0.717, 1.165) is 23.0 Å². The van der Waals surface area contributed by atoms with Gasteiger partial charge in [-0.3, -0.25) is 0 Å². The van der Waals surface area contributed by atoms with E-state index in [4.69, 9.17) is 0 Å². The molecular formula is C19H25F3N6O3S. The van der Waals surface area contributed by atoms with Crippen LogP contribution in [0.25, 0.3) is 0 Å². The number of halogens is 3. The zero-order chi connectivity index (χ0) is 22.5. The average Bonchev–Trinajstić information content (AvgIpc) is 3.26. The van der Waals surface area contributed by atoms with E-state index in [1.165, 1.54) is 12.8 Å². The molecule has 1 aromatic rings. The highest BCUT2D eigenvalue weighted by molar-refractivity contribution is 7.89. The van der Waals surface area contributed by atoms with Gasteiger partial charge in [0.15, 0.2) is 11.6 Å². The van der Waals surface area contributed by atoms with E-state index < -0.39 is 22.0 Å². The van der Waals surface area contributed by atoms with Crippen LogP contribution in [0.3, 0.4) is 0 Å². The third kappa shape index (κ3) is 3.39. The molecule has 4 heterocycles. The number of carbonyl (C=O) groups is 1. The summed E-state index contributed by atoms with van der Waals surface area (Å²) >= 11 is 0. The van der Waals surface area contributed by atoms with Crippen molar-refractivity contribution in [1.29, 1.82) is 0 Å². The van der Waals surface area contributed by atoms with Crippen LogP contribution >= 0.6 is 0 Å². The van der Waals surface area contributed by atoms with Crippen molar-refractivity contribution >= 4 is 16.1 Å². The molecule has 0 atom stereocenters. The number of sulfonamides is 1. The van der Waals surface area contributed by atoms with E-state index in [0.29, 0.717) is 38.1 Å². The summed E-state index contributed by atoms with van der Waals surface area (Å²) in [6, 6.07) is 0.289. The molecule has 5 fully saturated rings. The Morgan fingerprint density at radius 3 is 2.19 bits per heavy atom. The standard InChI is InChI=1S/C19H25F3N6O3S/c20-19(21,22)11-32(30,31)27-9-18(10-27)7-26(8-18)16(29)25-5-17(6-25)3-14(4-17)28-12-23-15(24-28)13-1-2-13/h12-14H,1-11H2. The van der Waals surface area contributed by atoms with Crippen LogP contribution in [0, 0.1) is 10.8 Å². The van der Waals surface area contributed by atoms with E-state index in [1.54, 1.807) is 4.90 Å². The topological polar surface area (TPSA) is 91.6 Å². The summed E-state index contributed by atoms with van der Waals surface area (Å²) in [4.78, 5) is 20.6. The van der Waals surface area contributed by atoms with E-state index in [-0.39, 0.29) is 30.0 Å². The normalized spacial score (nSPS) is 27.1. The fourth-order valence-corrected chi connectivity index (χ4v) is 7.31. The first kappa shape index (κ1) is 20.7. The zero-order valence-corrected chi connectivity index (χ0v) is 18.3. The molecule has 13 heteroatoms. The van der Waals surface area contributed by atoms with Gasteiger partial charge in [0.05, 0.1) is 6.04 Å². The summed E-state index contributed by atoms with van der Waals surface area (Å²) < 4.78 is 63.8. The highest BCUT2D eigenvalue weighted by Crippen LogP contribution is 2.54. The van der Waals surface area contributed by atoms with Gasteiger partial charge in [0, 0.05) is 56.0 Å². The van der Waals surface area contributed by atoms with Gasteiger partial charge in [-0.05, 0) is 25.7 Å². The molecule has 3 saturated heterocycles. The fourth-order valence-electron chi connectivity index (χ4n) is 5.77. The lowest BCUT2D eigenvalue weighted by atomic mass is 9.60. The zero-order valence-electron chi connectivity index (χ0n) is 17.5. The maximum Gasteiger partial charge on any atom is 0.404 e. The first-order chi connectivity index (χ1) is 15.0. The van der Waals surface area contributed by atoms with Gasteiger partial charge in [0.25, 0.3) is 0 Å². The monoisotopic (exact) mass is 474 g/mol. The summed E-state index contributed by atoms with van der Waals surface area (Å²) in [6.07, 6.45) is 1.40. The van der Waals surface area contributed by atoms with Crippen LogP contribution in [-0.2, 0) is 10.0 Å². The van der Waals surface area contributed by atoms with Gasteiger partial charge in [0.1, 0.15) is 6.33 Å². The molecule has 5 aliphatic rings. The van der Waals surface area contributed by atoms with E-state index >= 15 is 0 Å². The second-order valence-corrected chi connectivity index (χ2v) is 12.5. The molecule has 3 aliphatic heterocycles. The molecule has 2 aliphatic carbocycles. The number of carbonyl (C=O) groups excluding carboxylic acids is 1.